The van der Waals surface area contributed by atoms with Gasteiger partial charge in [0.25, 0.3) is 12.1 Å². The van der Waals surface area contributed by atoms with Crippen molar-refractivity contribution < 1.29 is 22.8 Å². The van der Waals surface area contributed by atoms with Crippen molar-refractivity contribution in [1.29, 1.82) is 0 Å². The zero-order valence-electron chi connectivity index (χ0n) is 12.1. The second kappa shape index (κ2) is 6.99. The summed E-state index contributed by atoms with van der Waals surface area (Å²) in [4.78, 5) is 10.3. The van der Waals surface area contributed by atoms with Crippen LogP contribution in [0.2, 0.25) is 0 Å². The molecular formula is C15H13F3N2O3. The fraction of sp³-hybridized carbons (Fsp3) is 0.200. The number of hydrogen-bond acceptors (Lipinski definition) is 4. The molecule has 0 radical (unpaired) electrons. The van der Waals surface area contributed by atoms with Gasteiger partial charge < -0.3 is 10.1 Å². The molecule has 0 amide bonds. The molecule has 0 saturated heterocycles. The van der Waals surface area contributed by atoms with E-state index >= 15 is 0 Å². The summed E-state index contributed by atoms with van der Waals surface area (Å²) in [5, 5.41) is 13.8. The number of rotatable bonds is 6. The summed E-state index contributed by atoms with van der Waals surface area (Å²) < 4.78 is 43.3. The molecule has 122 valence electrons. The lowest BCUT2D eigenvalue weighted by Crippen LogP contribution is -2.04. The third-order valence-corrected chi connectivity index (χ3v) is 3.18. The number of nitro benzene ring substituents is 1. The Morgan fingerprint density at radius 2 is 1.91 bits per heavy atom. The summed E-state index contributed by atoms with van der Waals surface area (Å²) in [7, 11) is 1.25. The van der Waals surface area contributed by atoms with Gasteiger partial charge in [-0.05, 0) is 5.56 Å². The van der Waals surface area contributed by atoms with E-state index in [0.717, 1.165) is 6.07 Å². The first-order chi connectivity index (χ1) is 10.9. The number of hydrogen-bond donors (Lipinski definition) is 1. The van der Waals surface area contributed by atoms with Gasteiger partial charge in [0.1, 0.15) is 5.69 Å². The number of halogens is 3. The quantitative estimate of drug-likeness (QED) is 0.635. The van der Waals surface area contributed by atoms with Gasteiger partial charge in [0.2, 0.25) is 0 Å². The summed E-state index contributed by atoms with van der Waals surface area (Å²) in [6, 6.07) is 7.48. The molecule has 5 nitrogen and oxygen atoms in total. The molecule has 0 aromatic heterocycles. The van der Waals surface area contributed by atoms with Crippen LogP contribution in [0.15, 0.2) is 36.4 Å². The molecule has 0 atom stereocenters. The molecule has 2 rings (SSSR count). The second-order valence-electron chi connectivity index (χ2n) is 4.66. The fourth-order valence-corrected chi connectivity index (χ4v) is 1.97. The zero-order chi connectivity index (χ0) is 17.0. The molecule has 0 fully saturated rings. The van der Waals surface area contributed by atoms with Gasteiger partial charge in [0.15, 0.2) is 11.6 Å². The van der Waals surface area contributed by atoms with Crippen LogP contribution in [0.25, 0.3) is 0 Å². The predicted molar refractivity (Wildman–Crippen MR) is 78.3 cm³/mol. The van der Waals surface area contributed by atoms with E-state index in [0.29, 0.717) is 5.56 Å². The largest absolute Gasteiger partial charge is 0.494 e. The Labute approximate surface area is 129 Å². The van der Waals surface area contributed by atoms with Crippen molar-refractivity contribution in [2.45, 2.75) is 13.0 Å². The maximum absolute atomic E-state index is 13.5. The minimum Gasteiger partial charge on any atom is -0.494 e. The summed E-state index contributed by atoms with van der Waals surface area (Å²) >= 11 is 0. The topological polar surface area (TPSA) is 64.4 Å². The smallest absolute Gasteiger partial charge is 0.295 e. The van der Waals surface area contributed by atoms with Gasteiger partial charge in [-0.2, -0.15) is 0 Å². The number of nitrogens with zero attached hydrogens (tertiary/aromatic N) is 1. The first-order valence-corrected chi connectivity index (χ1v) is 6.55. The predicted octanol–water partition coefficient (Wildman–Crippen LogP) is 4.29. The normalized spacial score (nSPS) is 10.7. The molecule has 0 saturated carbocycles. The summed E-state index contributed by atoms with van der Waals surface area (Å²) in [5.74, 6) is -0.975. The highest BCUT2D eigenvalue weighted by molar-refractivity contribution is 5.64. The number of methoxy groups -OCH3 is 1. The monoisotopic (exact) mass is 326 g/mol. The molecule has 2 aromatic carbocycles. The van der Waals surface area contributed by atoms with Gasteiger partial charge in [-0.15, -0.1) is 0 Å². The van der Waals surface area contributed by atoms with Crippen molar-refractivity contribution in [2.24, 2.45) is 0 Å². The Hall–Kier alpha value is -2.77. The van der Waals surface area contributed by atoms with Crippen molar-refractivity contribution in [3.05, 3.63) is 63.5 Å². The third kappa shape index (κ3) is 3.91. The molecule has 0 aliphatic heterocycles. The van der Waals surface area contributed by atoms with Gasteiger partial charge in [0.05, 0.1) is 18.1 Å². The number of anilines is 1. The van der Waals surface area contributed by atoms with Crippen LogP contribution in [0, 0.1) is 15.9 Å². The Bertz CT molecular complexity index is 706. The van der Waals surface area contributed by atoms with E-state index in [9.17, 15) is 23.3 Å². The van der Waals surface area contributed by atoms with Crippen LogP contribution in [0.1, 0.15) is 17.6 Å². The van der Waals surface area contributed by atoms with Crippen molar-refractivity contribution in [3.63, 3.8) is 0 Å². The molecule has 0 aliphatic rings. The lowest BCUT2D eigenvalue weighted by molar-refractivity contribution is -0.384. The van der Waals surface area contributed by atoms with Crippen molar-refractivity contribution >= 4 is 11.4 Å². The van der Waals surface area contributed by atoms with E-state index in [1.165, 1.54) is 37.4 Å². The van der Waals surface area contributed by atoms with Crippen LogP contribution < -0.4 is 10.1 Å². The average Bonchev–Trinajstić information content (AvgIpc) is 2.53. The van der Waals surface area contributed by atoms with E-state index in [2.05, 4.69) is 5.32 Å². The van der Waals surface area contributed by atoms with E-state index in [1.807, 2.05) is 0 Å². The molecule has 8 heteroatoms. The lowest BCUT2D eigenvalue weighted by Gasteiger charge is -2.10. The second-order valence-corrected chi connectivity index (χ2v) is 4.66. The molecule has 1 N–H and O–H groups in total. The first kappa shape index (κ1) is 16.6. The first-order valence-electron chi connectivity index (χ1n) is 6.55. The molecule has 0 bridgehead atoms. The van der Waals surface area contributed by atoms with Gasteiger partial charge in [-0.25, -0.2) is 13.2 Å². The number of benzene rings is 2. The zero-order valence-corrected chi connectivity index (χ0v) is 12.1. The minimum atomic E-state index is -2.56. The molecule has 0 aliphatic carbocycles. The number of ether oxygens (including phenoxy) is 1. The van der Waals surface area contributed by atoms with E-state index in [4.69, 9.17) is 4.74 Å². The highest BCUT2D eigenvalue weighted by Crippen LogP contribution is 2.32. The average molecular weight is 326 g/mol. The van der Waals surface area contributed by atoms with E-state index < -0.39 is 22.9 Å². The van der Waals surface area contributed by atoms with Crippen LogP contribution in [0.5, 0.6) is 5.75 Å². The summed E-state index contributed by atoms with van der Waals surface area (Å²) in [6.07, 6.45) is -2.56. The molecular weight excluding hydrogens is 313 g/mol. The van der Waals surface area contributed by atoms with Crippen LogP contribution in [-0.2, 0) is 6.54 Å². The third-order valence-electron chi connectivity index (χ3n) is 3.18. The van der Waals surface area contributed by atoms with Crippen LogP contribution in [0.4, 0.5) is 24.5 Å². The SMILES string of the molecule is COc1cc(NCc2ccc(C(F)F)cc2)c([N+](=O)[O-])cc1F. The Balaban J connectivity index is 2.20. The highest BCUT2D eigenvalue weighted by atomic mass is 19.3. The molecule has 2 aromatic rings. The Kier molecular flexibility index (Phi) is 5.05. The van der Waals surface area contributed by atoms with Crippen LogP contribution in [0.3, 0.4) is 0 Å². The maximum atomic E-state index is 13.5. The highest BCUT2D eigenvalue weighted by Gasteiger charge is 2.19. The van der Waals surface area contributed by atoms with Crippen LogP contribution in [-0.4, -0.2) is 12.0 Å². The number of alkyl halides is 2. The molecule has 23 heavy (non-hydrogen) atoms. The molecule has 0 heterocycles. The van der Waals surface area contributed by atoms with Crippen molar-refractivity contribution in [1.82, 2.24) is 0 Å². The maximum Gasteiger partial charge on any atom is 0.295 e. The van der Waals surface area contributed by atoms with Crippen molar-refractivity contribution in [2.75, 3.05) is 12.4 Å². The summed E-state index contributed by atoms with van der Waals surface area (Å²) in [5.41, 5.74) is 0.175. The minimum absolute atomic E-state index is 0.0752. The Morgan fingerprint density at radius 1 is 1.26 bits per heavy atom. The van der Waals surface area contributed by atoms with E-state index in [1.54, 1.807) is 0 Å². The Morgan fingerprint density at radius 3 is 2.43 bits per heavy atom. The van der Waals surface area contributed by atoms with Crippen molar-refractivity contribution in [3.8, 4) is 5.75 Å². The number of nitrogens with one attached hydrogen (secondary N) is 1. The summed E-state index contributed by atoms with van der Waals surface area (Å²) in [6.45, 7) is 0.152. The van der Waals surface area contributed by atoms with E-state index in [-0.39, 0.29) is 23.5 Å². The fourth-order valence-electron chi connectivity index (χ4n) is 1.97. The molecule has 0 unspecified atom stereocenters. The van der Waals surface area contributed by atoms with Gasteiger partial charge in [-0.3, -0.25) is 10.1 Å². The van der Waals surface area contributed by atoms with Gasteiger partial charge >= 0.3 is 0 Å². The lowest BCUT2D eigenvalue weighted by atomic mass is 10.1. The number of nitro groups is 1. The van der Waals surface area contributed by atoms with Crippen LogP contribution >= 0.6 is 0 Å². The molecule has 0 spiro atoms. The van der Waals surface area contributed by atoms with Gasteiger partial charge in [-0.1, -0.05) is 24.3 Å². The standard InChI is InChI=1S/C15H13F3N2O3/c1-23-14-7-12(13(20(21)22)6-11(14)16)19-8-9-2-4-10(5-3-9)15(17)18/h2-7,15,19H,8H2,1H3. The van der Waals surface area contributed by atoms with Gasteiger partial charge in [0, 0.05) is 18.2 Å².